The number of hydrogen-bond donors (Lipinski definition) is 2. The van der Waals surface area contributed by atoms with Gasteiger partial charge in [-0.15, -0.1) is 0 Å². The molecule has 84 valence electrons. The summed E-state index contributed by atoms with van der Waals surface area (Å²) in [6.45, 7) is 9.11. The monoisotopic (exact) mass is 201 g/mol. The lowest BCUT2D eigenvalue weighted by Crippen LogP contribution is -2.42. The first-order valence-corrected chi connectivity index (χ1v) is 5.59. The summed E-state index contributed by atoms with van der Waals surface area (Å²) in [4.78, 5) is 2.42. The summed E-state index contributed by atoms with van der Waals surface area (Å²) < 4.78 is 5.28. The number of nitrogens with two attached hydrogens (primary N) is 1. The summed E-state index contributed by atoms with van der Waals surface area (Å²) in [5, 5.41) is 3.38. The fourth-order valence-electron chi connectivity index (χ4n) is 1.49. The predicted molar refractivity (Wildman–Crippen MR) is 58.4 cm³/mol. The number of ether oxygens (including phenoxy) is 1. The van der Waals surface area contributed by atoms with Crippen molar-refractivity contribution in [3.8, 4) is 0 Å². The Morgan fingerprint density at radius 1 is 1.43 bits per heavy atom. The Bertz CT molecular complexity index is 137. The van der Waals surface area contributed by atoms with Crippen molar-refractivity contribution in [2.45, 2.75) is 19.4 Å². The number of nitrogens with one attached hydrogen (secondary N) is 1. The van der Waals surface area contributed by atoms with Crippen LogP contribution >= 0.6 is 0 Å². The van der Waals surface area contributed by atoms with Crippen molar-refractivity contribution in [2.75, 3.05) is 45.9 Å². The SMILES string of the molecule is CCC(N)CNCCN1CCOCC1. The zero-order valence-corrected chi connectivity index (χ0v) is 9.17. The quantitative estimate of drug-likeness (QED) is 0.577. The molecule has 4 nitrogen and oxygen atoms in total. The smallest absolute Gasteiger partial charge is 0.0594 e. The molecular weight excluding hydrogens is 178 g/mol. The topological polar surface area (TPSA) is 50.5 Å². The van der Waals surface area contributed by atoms with Gasteiger partial charge >= 0.3 is 0 Å². The first-order chi connectivity index (χ1) is 6.83. The molecule has 1 unspecified atom stereocenters. The lowest BCUT2D eigenvalue weighted by molar-refractivity contribution is 0.0384. The van der Waals surface area contributed by atoms with Crippen LogP contribution in [0.1, 0.15) is 13.3 Å². The van der Waals surface area contributed by atoms with Crippen LogP contribution in [-0.4, -0.2) is 56.9 Å². The van der Waals surface area contributed by atoms with Crippen molar-refractivity contribution in [3.05, 3.63) is 0 Å². The van der Waals surface area contributed by atoms with Gasteiger partial charge in [-0.3, -0.25) is 4.90 Å². The summed E-state index contributed by atoms with van der Waals surface area (Å²) in [6, 6.07) is 0.305. The Morgan fingerprint density at radius 3 is 2.79 bits per heavy atom. The number of nitrogens with zero attached hydrogens (tertiary/aromatic N) is 1. The van der Waals surface area contributed by atoms with Crippen LogP contribution in [0.5, 0.6) is 0 Å². The molecule has 0 radical (unpaired) electrons. The molecule has 0 bridgehead atoms. The second-order valence-corrected chi connectivity index (χ2v) is 3.83. The molecule has 1 rings (SSSR count). The summed E-state index contributed by atoms with van der Waals surface area (Å²) in [6.07, 6.45) is 1.05. The van der Waals surface area contributed by atoms with Crippen molar-refractivity contribution in [2.24, 2.45) is 5.73 Å². The average Bonchev–Trinajstić information content (AvgIpc) is 2.25. The van der Waals surface area contributed by atoms with Crippen LogP contribution in [0.25, 0.3) is 0 Å². The maximum absolute atomic E-state index is 5.80. The number of rotatable bonds is 6. The van der Waals surface area contributed by atoms with Gasteiger partial charge in [-0.2, -0.15) is 0 Å². The van der Waals surface area contributed by atoms with Gasteiger partial charge in [0.2, 0.25) is 0 Å². The van der Waals surface area contributed by atoms with Crippen LogP contribution in [-0.2, 0) is 4.74 Å². The van der Waals surface area contributed by atoms with Gasteiger partial charge in [-0.05, 0) is 6.42 Å². The lowest BCUT2D eigenvalue weighted by atomic mass is 10.2. The molecule has 3 N–H and O–H groups in total. The molecule has 0 aromatic carbocycles. The first kappa shape index (κ1) is 11.9. The summed E-state index contributed by atoms with van der Waals surface area (Å²) >= 11 is 0. The minimum absolute atomic E-state index is 0.305. The van der Waals surface area contributed by atoms with Crippen LogP contribution in [0, 0.1) is 0 Å². The molecule has 4 heteroatoms. The molecule has 0 aromatic heterocycles. The maximum Gasteiger partial charge on any atom is 0.0594 e. The van der Waals surface area contributed by atoms with E-state index in [1.165, 1.54) is 0 Å². The van der Waals surface area contributed by atoms with Crippen molar-refractivity contribution >= 4 is 0 Å². The molecule has 1 fully saturated rings. The molecular formula is C10H23N3O. The number of hydrogen-bond acceptors (Lipinski definition) is 4. The van der Waals surface area contributed by atoms with Gasteiger partial charge < -0.3 is 15.8 Å². The third-order valence-electron chi connectivity index (χ3n) is 2.64. The summed E-state index contributed by atoms with van der Waals surface area (Å²) in [7, 11) is 0. The van der Waals surface area contributed by atoms with Gasteiger partial charge in [0.05, 0.1) is 13.2 Å². The minimum atomic E-state index is 0.305. The van der Waals surface area contributed by atoms with E-state index in [0.29, 0.717) is 6.04 Å². The van der Waals surface area contributed by atoms with E-state index >= 15 is 0 Å². The fraction of sp³-hybridized carbons (Fsp3) is 1.00. The molecule has 1 saturated heterocycles. The van der Waals surface area contributed by atoms with Crippen LogP contribution < -0.4 is 11.1 Å². The summed E-state index contributed by atoms with van der Waals surface area (Å²) in [5.74, 6) is 0. The van der Waals surface area contributed by atoms with Crippen LogP contribution in [0.3, 0.4) is 0 Å². The molecule has 1 aliphatic rings. The molecule has 0 amide bonds. The average molecular weight is 201 g/mol. The zero-order chi connectivity index (χ0) is 10.2. The molecule has 1 heterocycles. The van der Waals surface area contributed by atoms with Crippen molar-refractivity contribution < 1.29 is 4.74 Å². The van der Waals surface area contributed by atoms with Crippen LogP contribution in [0.4, 0.5) is 0 Å². The number of morpholine rings is 1. The normalized spacial score (nSPS) is 21.0. The van der Waals surface area contributed by atoms with E-state index in [9.17, 15) is 0 Å². The lowest BCUT2D eigenvalue weighted by Gasteiger charge is -2.26. The van der Waals surface area contributed by atoms with Gasteiger partial charge in [0.15, 0.2) is 0 Å². The molecule has 0 aromatic rings. The zero-order valence-electron chi connectivity index (χ0n) is 9.17. The standard InChI is InChI=1S/C10H23N3O/c1-2-10(11)9-12-3-4-13-5-7-14-8-6-13/h10,12H,2-9,11H2,1H3. The van der Waals surface area contributed by atoms with E-state index in [1.54, 1.807) is 0 Å². The largest absolute Gasteiger partial charge is 0.379 e. The summed E-state index contributed by atoms with van der Waals surface area (Å²) in [5.41, 5.74) is 5.80. The minimum Gasteiger partial charge on any atom is -0.379 e. The van der Waals surface area contributed by atoms with E-state index in [1.807, 2.05) is 0 Å². The highest BCUT2D eigenvalue weighted by molar-refractivity contribution is 4.66. The van der Waals surface area contributed by atoms with E-state index < -0.39 is 0 Å². The van der Waals surface area contributed by atoms with Crippen molar-refractivity contribution in [1.82, 2.24) is 10.2 Å². The maximum atomic E-state index is 5.80. The van der Waals surface area contributed by atoms with Crippen LogP contribution in [0.2, 0.25) is 0 Å². The second-order valence-electron chi connectivity index (χ2n) is 3.83. The van der Waals surface area contributed by atoms with Crippen molar-refractivity contribution in [1.29, 1.82) is 0 Å². The molecule has 14 heavy (non-hydrogen) atoms. The molecule has 0 spiro atoms. The Hall–Kier alpha value is -0.160. The highest BCUT2D eigenvalue weighted by Gasteiger charge is 2.08. The van der Waals surface area contributed by atoms with E-state index in [2.05, 4.69) is 17.1 Å². The highest BCUT2D eigenvalue weighted by atomic mass is 16.5. The Balaban J connectivity index is 1.92. The van der Waals surface area contributed by atoms with Crippen molar-refractivity contribution in [3.63, 3.8) is 0 Å². The molecule has 0 saturated carbocycles. The second kappa shape index (κ2) is 7.17. The predicted octanol–water partition coefficient (Wildman–Crippen LogP) is -0.354. The third kappa shape index (κ3) is 4.91. The molecule has 1 aliphatic heterocycles. The fourth-order valence-corrected chi connectivity index (χ4v) is 1.49. The Labute approximate surface area is 86.8 Å². The van der Waals surface area contributed by atoms with E-state index in [4.69, 9.17) is 10.5 Å². The molecule has 0 aliphatic carbocycles. The highest BCUT2D eigenvalue weighted by Crippen LogP contribution is 1.94. The van der Waals surface area contributed by atoms with E-state index in [-0.39, 0.29) is 0 Å². The third-order valence-corrected chi connectivity index (χ3v) is 2.64. The first-order valence-electron chi connectivity index (χ1n) is 5.59. The molecule has 1 atom stereocenters. The Morgan fingerprint density at radius 2 is 2.14 bits per heavy atom. The Kier molecular flexibility index (Phi) is 6.10. The van der Waals surface area contributed by atoms with E-state index in [0.717, 1.165) is 52.4 Å². The van der Waals surface area contributed by atoms with Gasteiger partial charge in [0, 0.05) is 38.8 Å². The van der Waals surface area contributed by atoms with Gasteiger partial charge in [-0.25, -0.2) is 0 Å². The van der Waals surface area contributed by atoms with Crippen LogP contribution in [0.15, 0.2) is 0 Å². The van der Waals surface area contributed by atoms with Gasteiger partial charge in [0.1, 0.15) is 0 Å². The van der Waals surface area contributed by atoms with Gasteiger partial charge in [0.25, 0.3) is 0 Å². The van der Waals surface area contributed by atoms with Gasteiger partial charge in [-0.1, -0.05) is 6.92 Å².